The molecule has 0 bridgehead atoms. The highest BCUT2D eigenvalue weighted by Gasteiger charge is 2.32. The van der Waals surface area contributed by atoms with E-state index in [0.717, 1.165) is 12.1 Å². The van der Waals surface area contributed by atoms with Gasteiger partial charge in [0.25, 0.3) is 5.91 Å². The number of hydrogen-bond donors (Lipinski definition) is 1. The fraction of sp³-hybridized carbons (Fsp3) is 0.391. The molecule has 0 spiro atoms. The van der Waals surface area contributed by atoms with E-state index in [1.807, 2.05) is 4.90 Å². The number of alkyl halides is 3. The van der Waals surface area contributed by atoms with Gasteiger partial charge >= 0.3 is 12.1 Å². The van der Waals surface area contributed by atoms with Crippen LogP contribution in [0.5, 0.6) is 11.5 Å². The minimum atomic E-state index is -4.59. The summed E-state index contributed by atoms with van der Waals surface area (Å²) in [6.07, 6.45) is -5.87. The van der Waals surface area contributed by atoms with E-state index >= 15 is 0 Å². The Bertz CT molecular complexity index is 1040. The molecule has 3 rings (SSSR count). The number of carbonyl (C=O) groups is 2. The maximum absolute atomic E-state index is 13.3. The highest BCUT2D eigenvalue weighted by Crippen LogP contribution is 2.36. The summed E-state index contributed by atoms with van der Waals surface area (Å²) < 4.78 is 60.6. The lowest BCUT2D eigenvalue weighted by Gasteiger charge is -2.31. The van der Waals surface area contributed by atoms with E-state index in [1.165, 1.54) is 45.4 Å². The summed E-state index contributed by atoms with van der Waals surface area (Å²) in [6, 6.07) is 7.49. The number of esters is 1. The van der Waals surface area contributed by atoms with E-state index in [1.54, 1.807) is 0 Å². The van der Waals surface area contributed by atoms with Gasteiger partial charge in [-0.15, -0.1) is 0 Å². The summed E-state index contributed by atoms with van der Waals surface area (Å²) >= 11 is 0. The molecule has 1 aliphatic heterocycles. The molecule has 1 aliphatic rings. The molecule has 1 unspecified atom stereocenters. The first kappa shape index (κ1) is 25.2. The van der Waals surface area contributed by atoms with Gasteiger partial charge in [0.05, 0.1) is 49.9 Å². The molecule has 0 aliphatic carbocycles. The van der Waals surface area contributed by atoms with Crippen molar-refractivity contribution in [3.8, 4) is 11.5 Å². The third-order valence-corrected chi connectivity index (χ3v) is 5.21. The molecule has 1 N–H and O–H groups in total. The Kier molecular flexibility index (Phi) is 7.87. The van der Waals surface area contributed by atoms with Crippen LogP contribution in [0.1, 0.15) is 22.8 Å². The van der Waals surface area contributed by atoms with Crippen molar-refractivity contribution in [3.05, 3.63) is 47.5 Å². The topological polar surface area (TPSA) is 86.3 Å². The largest absolute Gasteiger partial charge is 0.493 e. The van der Waals surface area contributed by atoms with Crippen molar-refractivity contribution >= 4 is 23.3 Å². The molecule has 11 heteroatoms. The van der Waals surface area contributed by atoms with E-state index in [2.05, 4.69) is 5.32 Å². The van der Waals surface area contributed by atoms with Gasteiger partial charge in [0.1, 0.15) is 0 Å². The fourth-order valence-electron chi connectivity index (χ4n) is 3.37. The minimum Gasteiger partial charge on any atom is -0.493 e. The van der Waals surface area contributed by atoms with Crippen LogP contribution in [0.4, 0.5) is 24.5 Å². The zero-order chi connectivity index (χ0) is 24.9. The number of anilines is 2. The number of ether oxygens (including phenoxy) is 4. The van der Waals surface area contributed by atoms with E-state index in [0.29, 0.717) is 43.5 Å². The maximum atomic E-state index is 13.3. The molecule has 0 radical (unpaired) electrons. The van der Waals surface area contributed by atoms with Crippen molar-refractivity contribution < 1.29 is 41.7 Å². The van der Waals surface area contributed by atoms with Crippen molar-refractivity contribution in [2.45, 2.75) is 19.2 Å². The first-order valence-corrected chi connectivity index (χ1v) is 10.4. The molecule has 0 aromatic heterocycles. The molecule has 184 valence electrons. The number of carbonyl (C=O) groups excluding carboxylic acids is 2. The van der Waals surface area contributed by atoms with Gasteiger partial charge in [-0.05, 0) is 43.3 Å². The Morgan fingerprint density at radius 2 is 1.71 bits per heavy atom. The van der Waals surface area contributed by atoms with Crippen LogP contribution in [0.25, 0.3) is 0 Å². The first-order valence-electron chi connectivity index (χ1n) is 10.4. The normalized spacial score (nSPS) is 14.8. The quantitative estimate of drug-likeness (QED) is 0.602. The molecule has 0 saturated carbocycles. The van der Waals surface area contributed by atoms with Gasteiger partial charge in [-0.3, -0.25) is 4.79 Å². The zero-order valence-electron chi connectivity index (χ0n) is 18.9. The van der Waals surface area contributed by atoms with E-state index in [4.69, 9.17) is 18.9 Å². The molecule has 1 fully saturated rings. The lowest BCUT2D eigenvalue weighted by atomic mass is 10.1. The Balaban J connectivity index is 1.77. The van der Waals surface area contributed by atoms with Gasteiger partial charge < -0.3 is 29.2 Å². The fourth-order valence-corrected chi connectivity index (χ4v) is 3.37. The van der Waals surface area contributed by atoms with Crippen molar-refractivity contribution in [2.24, 2.45) is 0 Å². The predicted octanol–water partition coefficient (Wildman–Crippen LogP) is 3.74. The van der Waals surface area contributed by atoms with Crippen molar-refractivity contribution in [3.63, 3.8) is 0 Å². The number of hydrogen-bond acceptors (Lipinski definition) is 7. The van der Waals surface area contributed by atoms with Gasteiger partial charge in [0, 0.05) is 13.1 Å². The van der Waals surface area contributed by atoms with Crippen LogP contribution < -0.4 is 19.7 Å². The van der Waals surface area contributed by atoms with Crippen molar-refractivity contribution in [1.29, 1.82) is 0 Å². The Hall–Kier alpha value is -3.47. The third kappa shape index (κ3) is 5.90. The Labute approximate surface area is 194 Å². The number of methoxy groups -OCH3 is 2. The van der Waals surface area contributed by atoms with Crippen LogP contribution in [-0.2, 0) is 20.4 Å². The zero-order valence-corrected chi connectivity index (χ0v) is 18.9. The second kappa shape index (κ2) is 10.6. The summed E-state index contributed by atoms with van der Waals surface area (Å²) in [5.74, 6) is -0.873. The lowest BCUT2D eigenvalue weighted by Crippen LogP contribution is -2.37. The maximum Gasteiger partial charge on any atom is 0.416 e. The Morgan fingerprint density at radius 3 is 2.32 bits per heavy atom. The molecule has 8 nitrogen and oxygen atoms in total. The van der Waals surface area contributed by atoms with Gasteiger partial charge in [-0.25, -0.2) is 4.79 Å². The number of amides is 1. The standard InChI is InChI=1S/C23H25F3N2O6/c1-14(34-22(30)15-4-7-19(31-2)20(12-15)32-3)21(29)27-17-13-16(23(24,25)26)5-6-18(17)28-8-10-33-11-9-28/h4-7,12-14H,8-11H2,1-3H3,(H,27,29). The lowest BCUT2D eigenvalue weighted by molar-refractivity contribution is -0.137. The summed E-state index contributed by atoms with van der Waals surface area (Å²) in [7, 11) is 2.85. The molecule has 2 aromatic carbocycles. The average molecular weight is 482 g/mol. The number of nitrogens with one attached hydrogen (secondary N) is 1. The molecule has 1 saturated heterocycles. The predicted molar refractivity (Wildman–Crippen MR) is 118 cm³/mol. The number of halogens is 3. The van der Waals surface area contributed by atoms with E-state index in [-0.39, 0.29) is 11.3 Å². The van der Waals surface area contributed by atoms with Crippen molar-refractivity contribution in [1.82, 2.24) is 0 Å². The second-order valence-electron chi connectivity index (χ2n) is 7.44. The molecule has 1 heterocycles. The summed E-state index contributed by atoms with van der Waals surface area (Å²) in [4.78, 5) is 27.1. The van der Waals surface area contributed by atoms with Crippen LogP contribution in [-0.4, -0.2) is 58.5 Å². The highest BCUT2D eigenvalue weighted by molar-refractivity contribution is 5.99. The molecule has 2 aromatic rings. The van der Waals surface area contributed by atoms with Crippen LogP contribution in [0.2, 0.25) is 0 Å². The monoisotopic (exact) mass is 482 g/mol. The second-order valence-corrected chi connectivity index (χ2v) is 7.44. The van der Waals surface area contributed by atoms with Crippen LogP contribution in [0.3, 0.4) is 0 Å². The average Bonchev–Trinajstić information content (AvgIpc) is 2.83. The SMILES string of the molecule is COc1ccc(C(=O)OC(C)C(=O)Nc2cc(C(F)(F)F)ccc2N2CCOCC2)cc1OC. The van der Waals surface area contributed by atoms with Gasteiger partial charge in [0.15, 0.2) is 17.6 Å². The van der Waals surface area contributed by atoms with Crippen LogP contribution >= 0.6 is 0 Å². The van der Waals surface area contributed by atoms with Crippen LogP contribution in [0, 0.1) is 0 Å². The third-order valence-electron chi connectivity index (χ3n) is 5.21. The number of rotatable bonds is 7. The number of benzene rings is 2. The van der Waals surface area contributed by atoms with Crippen molar-refractivity contribution in [2.75, 3.05) is 50.7 Å². The Morgan fingerprint density at radius 1 is 1.03 bits per heavy atom. The first-order chi connectivity index (χ1) is 16.1. The number of morpholine rings is 1. The highest BCUT2D eigenvalue weighted by atomic mass is 19.4. The number of nitrogens with zero attached hydrogens (tertiary/aromatic N) is 1. The smallest absolute Gasteiger partial charge is 0.416 e. The summed E-state index contributed by atoms with van der Waals surface area (Å²) in [6.45, 7) is 3.06. The van der Waals surface area contributed by atoms with Gasteiger partial charge in [-0.2, -0.15) is 13.2 Å². The van der Waals surface area contributed by atoms with E-state index < -0.39 is 29.7 Å². The van der Waals surface area contributed by atoms with Crippen LogP contribution in [0.15, 0.2) is 36.4 Å². The molecule has 1 amide bonds. The van der Waals surface area contributed by atoms with Gasteiger partial charge in [0.2, 0.25) is 0 Å². The molecule has 1 atom stereocenters. The van der Waals surface area contributed by atoms with Gasteiger partial charge in [-0.1, -0.05) is 0 Å². The summed E-state index contributed by atoms with van der Waals surface area (Å²) in [5, 5.41) is 2.47. The molecular formula is C23H25F3N2O6. The molecule has 34 heavy (non-hydrogen) atoms. The minimum absolute atomic E-state index is 0.0317. The van der Waals surface area contributed by atoms with E-state index in [9.17, 15) is 22.8 Å². The summed E-state index contributed by atoms with van der Waals surface area (Å²) in [5.41, 5.74) is -0.404. The molecular weight excluding hydrogens is 457 g/mol.